The van der Waals surface area contributed by atoms with Gasteiger partial charge in [-0.3, -0.25) is 4.79 Å². The molecule has 0 fully saturated rings. The molecular weight excluding hydrogens is 358 g/mol. The summed E-state index contributed by atoms with van der Waals surface area (Å²) in [6.45, 7) is 0. The lowest BCUT2D eigenvalue weighted by Gasteiger charge is -2.12. The van der Waals surface area contributed by atoms with Gasteiger partial charge in [0.05, 0.1) is 43.6 Å². The summed E-state index contributed by atoms with van der Waals surface area (Å²) in [7, 11) is 3.13. The molecule has 0 aliphatic rings. The highest BCUT2D eigenvalue weighted by atomic mass is 16.5. The van der Waals surface area contributed by atoms with Gasteiger partial charge in [-0.15, -0.1) is 0 Å². The predicted molar refractivity (Wildman–Crippen MR) is 104 cm³/mol. The summed E-state index contributed by atoms with van der Waals surface area (Å²) >= 11 is 0. The number of ether oxygens (including phenoxy) is 2. The molecular formula is C20H17N5O3. The molecule has 8 heteroatoms. The molecule has 0 radical (unpaired) electrons. The first-order chi connectivity index (χ1) is 13.6. The number of benzene rings is 2. The van der Waals surface area contributed by atoms with Gasteiger partial charge in [0, 0.05) is 6.07 Å². The third-order valence-electron chi connectivity index (χ3n) is 3.85. The van der Waals surface area contributed by atoms with E-state index in [2.05, 4.69) is 20.6 Å². The van der Waals surface area contributed by atoms with Crippen LogP contribution in [0.5, 0.6) is 11.5 Å². The Bertz CT molecular complexity index is 1030. The van der Waals surface area contributed by atoms with Gasteiger partial charge in [0.25, 0.3) is 5.91 Å². The number of nitrogens with zero attached hydrogens (tertiary/aromatic N) is 3. The Morgan fingerprint density at radius 2 is 1.86 bits per heavy atom. The van der Waals surface area contributed by atoms with Crippen LogP contribution in [0.4, 0.5) is 17.2 Å². The topological polar surface area (TPSA) is 109 Å². The second kappa shape index (κ2) is 8.51. The molecule has 1 aromatic heterocycles. The molecule has 0 atom stereocenters. The van der Waals surface area contributed by atoms with E-state index < -0.39 is 5.91 Å². The fourth-order valence-corrected chi connectivity index (χ4v) is 2.43. The smallest absolute Gasteiger partial charge is 0.275 e. The van der Waals surface area contributed by atoms with E-state index in [1.54, 1.807) is 56.7 Å². The summed E-state index contributed by atoms with van der Waals surface area (Å²) in [5, 5.41) is 14.8. The van der Waals surface area contributed by atoms with Gasteiger partial charge in [-0.25, -0.2) is 9.97 Å². The summed E-state index contributed by atoms with van der Waals surface area (Å²) in [5.74, 6) is 1.23. The van der Waals surface area contributed by atoms with Crippen LogP contribution in [0.2, 0.25) is 0 Å². The van der Waals surface area contributed by atoms with Gasteiger partial charge in [0.1, 0.15) is 29.1 Å². The van der Waals surface area contributed by atoms with E-state index in [4.69, 9.17) is 14.7 Å². The average molecular weight is 375 g/mol. The number of anilines is 3. The van der Waals surface area contributed by atoms with Crippen molar-refractivity contribution in [2.75, 3.05) is 24.9 Å². The van der Waals surface area contributed by atoms with Crippen LogP contribution in [0.25, 0.3) is 0 Å². The maximum atomic E-state index is 12.3. The molecule has 0 aliphatic carbocycles. The second-order valence-corrected chi connectivity index (χ2v) is 5.59. The van der Waals surface area contributed by atoms with E-state index in [9.17, 15) is 4.79 Å². The second-order valence-electron chi connectivity index (χ2n) is 5.59. The Balaban J connectivity index is 1.73. The van der Waals surface area contributed by atoms with Crippen molar-refractivity contribution in [2.24, 2.45) is 0 Å². The van der Waals surface area contributed by atoms with Gasteiger partial charge in [-0.2, -0.15) is 5.26 Å². The molecule has 0 spiro atoms. The van der Waals surface area contributed by atoms with E-state index in [-0.39, 0.29) is 5.69 Å². The molecule has 1 heterocycles. The quantitative estimate of drug-likeness (QED) is 0.680. The Hall–Kier alpha value is -4.12. The van der Waals surface area contributed by atoms with Gasteiger partial charge in [0.2, 0.25) is 0 Å². The molecule has 140 valence electrons. The molecule has 8 nitrogen and oxygen atoms in total. The molecule has 0 saturated heterocycles. The van der Waals surface area contributed by atoms with Crippen molar-refractivity contribution in [2.45, 2.75) is 0 Å². The lowest BCUT2D eigenvalue weighted by atomic mass is 10.2. The summed E-state index contributed by atoms with van der Waals surface area (Å²) in [6, 6.07) is 14.1. The average Bonchev–Trinajstić information content (AvgIpc) is 2.74. The fraction of sp³-hybridized carbons (Fsp3) is 0.100. The first-order valence-corrected chi connectivity index (χ1v) is 8.26. The molecule has 3 rings (SSSR count). The van der Waals surface area contributed by atoms with Crippen molar-refractivity contribution in [3.8, 4) is 17.6 Å². The summed E-state index contributed by atoms with van der Waals surface area (Å²) in [6.07, 6.45) is 2.79. The zero-order chi connectivity index (χ0) is 19.9. The normalized spacial score (nSPS) is 9.89. The summed E-state index contributed by atoms with van der Waals surface area (Å²) in [4.78, 5) is 20.7. The SMILES string of the molecule is COc1ccc(Nc2cnc(C(=O)Nc3ccccc3C#N)cn2)c(OC)c1. The highest BCUT2D eigenvalue weighted by Crippen LogP contribution is 2.30. The van der Waals surface area contributed by atoms with Crippen LogP contribution in [0.3, 0.4) is 0 Å². The van der Waals surface area contributed by atoms with Crippen molar-refractivity contribution in [1.29, 1.82) is 5.26 Å². The molecule has 28 heavy (non-hydrogen) atoms. The summed E-state index contributed by atoms with van der Waals surface area (Å²) in [5.41, 5.74) is 1.59. The zero-order valence-electron chi connectivity index (χ0n) is 15.3. The van der Waals surface area contributed by atoms with Crippen LogP contribution >= 0.6 is 0 Å². The highest BCUT2D eigenvalue weighted by Gasteiger charge is 2.12. The standard InChI is InChI=1S/C20H17N5O3/c1-27-14-7-8-16(18(9-14)28-2)24-19-12-22-17(11-23-19)20(26)25-15-6-4-3-5-13(15)10-21/h3-9,11-12H,1-2H3,(H,23,24)(H,25,26). The van der Waals surface area contributed by atoms with Crippen molar-refractivity contribution >= 4 is 23.1 Å². The number of hydrogen-bond donors (Lipinski definition) is 2. The fourth-order valence-electron chi connectivity index (χ4n) is 2.43. The van der Waals surface area contributed by atoms with E-state index in [1.165, 1.54) is 12.4 Å². The number of amides is 1. The Morgan fingerprint density at radius 3 is 2.54 bits per heavy atom. The number of para-hydroxylation sites is 1. The zero-order valence-corrected chi connectivity index (χ0v) is 15.3. The third kappa shape index (κ3) is 4.16. The minimum atomic E-state index is -0.455. The Morgan fingerprint density at radius 1 is 1.04 bits per heavy atom. The highest BCUT2D eigenvalue weighted by molar-refractivity contribution is 6.03. The minimum absolute atomic E-state index is 0.125. The number of nitrogens with one attached hydrogen (secondary N) is 2. The number of aromatic nitrogens is 2. The minimum Gasteiger partial charge on any atom is -0.497 e. The molecule has 3 aromatic rings. The van der Waals surface area contributed by atoms with Crippen molar-refractivity contribution in [3.05, 3.63) is 66.1 Å². The first kappa shape index (κ1) is 18.7. The maximum absolute atomic E-state index is 12.3. The monoisotopic (exact) mass is 375 g/mol. The number of rotatable bonds is 6. The Labute approximate surface area is 161 Å². The van der Waals surface area contributed by atoms with Gasteiger partial charge >= 0.3 is 0 Å². The van der Waals surface area contributed by atoms with Gasteiger partial charge in [0.15, 0.2) is 0 Å². The van der Waals surface area contributed by atoms with Crippen LogP contribution in [0.15, 0.2) is 54.9 Å². The third-order valence-corrected chi connectivity index (χ3v) is 3.85. The summed E-state index contributed by atoms with van der Waals surface area (Å²) < 4.78 is 10.5. The molecule has 2 N–H and O–H groups in total. The van der Waals surface area contributed by atoms with Crippen LogP contribution < -0.4 is 20.1 Å². The number of methoxy groups -OCH3 is 2. The van der Waals surface area contributed by atoms with Crippen molar-refractivity contribution in [1.82, 2.24) is 9.97 Å². The maximum Gasteiger partial charge on any atom is 0.275 e. The van der Waals surface area contributed by atoms with Gasteiger partial charge < -0.3 is 20.1 Å². The van der Waals surface area contributed by atoms with E-state index in [0.29, 0.717) is 34.3 Å². The molecule has 1 amide bonds. The van der Waals surface area contributed by atoms with E-state index in [0.717, 1.165) is 0 Å². The largest absolute Gasteiger partial charge is 0.497 e. The van der Waals surface area contributed by atoms with Crippen LogP contribution in [0, 0.1) is 11.3 Å². The first-order valence-electron chi connectivity index (χ1n) is 8.26. The van der Waals surface area contributed by atoms with Crippen LogP contribution in [-0.2, 0) is 0 Å². The van der Waals surface area contributed by atoms with Crippen molar-refractivity contribution in [3.63, 3.8) is 0 Å². The number of carbonyl (C=O) groups excluding carboxylic acids is 1. The van der Waals surface area contributed by atoms with Crippen LogP contribution in [-0.4, -0.2) is 30.1 Å². The van der Waals surface area contributed by atoms with Gasteiger partial charge in [-0.05, 0) is 24.3 Å². The predicted octanol–water partition coefficient (Wildman–Crippen LogP) is 3.36. The molecule has 0 saturated carbocycles. The van der Waals surface area contributed by atoms with Gasteiger partial charge in [-0.1, -0.05) is 12.1 Å². The number of hydrogen-bond acceptors (Lipinski definition) is 7. The number of nitriles is 1. The van der Waals surface area contributed by atoms with E-state index >= 15 is 0 Å². The molecule has 0 aliphatic heterocycles. The Kier molecular flexibility index (Phi) is 5.67. The molecule has 0 bridgehead atoms. The molecule has 0 unspecified atom stereocenters. The number of carbonyl (C=O) groups is 1. The van der Waals surface area contributed by atoms with Crippen LogP contribution in [0.1, 0.15) is 16.1 Å². The lowest BCUT2D eigenvalue weighted by Crippen LogP contribution is -2.15. The van der Waals surface area contributed by atoms with Crippen molar-refractivity contribution < 1.29 is 14.3 Å². The van der Waals surface area contributed by atoms with E-state index in [1.807, 2.05) is 6.07 Å². The lowest BCUT2D eigenvalue weighted by molar-refractivity contribution is 0.102. The molecule has 2 aromatic carbocycles.